The molecule has 0 aliphatic heterocycles. The summed E-state index contributed by atoms with van der Waals surface area (Å²) in [5, 5.41) is 14.4. The average Bonchev–Trinajstić information content (AvgIpc) is 3.17. The lowest BCUT2D eigenvalue weighted by Gasteiger charge is -2.08. The molecule has 7 heteroatoms. The molecule has 0 aliphatic carbocycles. The van der Waals surface area contributed by atoms with Gasteiger partial charge in [-0.2, -0.15) is 5.10 Å². The van der Waals surface area contributed by atoms with Crippen LogP contribution in [0.2, 0.25) is 5.02 Å². The maximum absolute atomic E-state index is 11.5. The summed E-state index contributed by atoms with van der Waals surface area (Å²) in [4.78, 5) is 16.2. The number of aryl methyl sites for hydroxylation is 1. The number of carbonyl (C=O) groups is 1. The Bertz CT molecular complexity index is 1110. The van der Waals surface area contributed by atoms with Crippen LogP contribution in [0, 0.1) is 6.92 Å². The summed E-state index contributed by atoms with van der Waals surface area (Å²) in [6.07, 6.45) is 1.91. The quantitative estimate of drug-likeness (QED) is 0.594. The Labute approximate surface area is 154 Å². The van der Waals surface area contributed by atoms with Crippen LogP contribution in [0.1, 0.15) is 21.9 Å². The second kappa shape index (κ2) is 6.31. The van der Waals surface area contributed by atoms with E-state index in [4.69, 9.17) is 16.6 Å². The van der Waals surface area contributed by atoms with Crippen LogP contribution in [-0.2, 0) is 6.54 Å². The minimum absolute atomic E-state index is 0.149. The first kappa shape index (κ1) is 16.4. The van der Waals surface area contributed by atoms with Crippen molar-refractivity contribution in [3.63, 3.8) is 0 Å². The van der Waals surface area contributed by atoms with Gasteiger partial charge in [0.15, 0.2) is 0 Å². The number of halogens is 1. The van der Waals surface area contributed by atoms with Crippen LogP contribution in [-0.4, -0.2) is 30.2 Å². The zero-order valence-corrected chi connectivity index (χ0v) is 14.7. The van der Waals surface area contributed by atoms with E-state index in [-0.39, 0.29) is 5.69 Å². The molecular weight excluding hydrogens is 352 g/mol. The number of aromatic carboxylic acids is 1. The van der Waals surface area contributed by atoms with Gasteiger partial charge >= 0.3 is 5.97 Å². The maximum Gasteiger partial charge on any atom is 0.354 e. The van der Waals surface area contributed by atoms with Gasteiger partial charge in [0.25, 0.3) is 0 Å². The number of pyridine rings is 1. The number of hydrogen-bond acceptors (Lipinski definition) is 3. The van der Waals surface area contributed by atoms with Crippen molar-refractivity contribution in [2.24, 2.45) is 0 Å². The smallest absolute Gasteiger partial charge is 0.354 e. The predicted molar refractivity (Wildman–Crippen MR) is 98.7 cm³/mol. The van der Waals surface area contributed by atoms with Gasteiger partial charge in [0.1, 0.15) is 11.3 Å². The molecule has 0 fully saturated rings. The molecule has 0 aliphatic rings. The first-order chi connectivity index (χ1) is 12.5. The van der Waals surface area contributed by atoms with Gasteiger partial charge in [-0.05, 0) is 37.3 Å². The van der Waals surface area contributed by atoms with Crippen LogP contribution in [0.5, 0.6) is 0 Å². The summed E-state index contributed by atoms with van der Waals surface area (Å²) >= 11 is 6.00. The summed E-state index contributed by atoms with van der Waals surface area (Å²) in [6.45, 7) is 2.07. The fourth-order valence-corrected chi connectivity index (χ4v) is 3.14. The third kappa shape index (κ3) is 2.84. The van der Waals surface area contributed by atoms with Gasteiger partial charge < -0.3 is 9.51 Å². The normalized spacial score (nSPS) is 11.2. The second-order valence-corrected chi connectivity index (χ2v) is 6.41. The number of imidazole rings is 1. The molecule has 4 aromatic rings. The SMILES string of the molecule is Cc1cc(C(=O)O)n(Cc2c(-c3ccc(Cl)cc3)nc3ccccn23)n1. The first-order valence-electron chi connectivity index (χ1n) is 8.02. The van der Waals surface area contributed by atoms with Crippen molar-refractivity contribution in [1.82, 2.24) is 19.2 Å². The van der Waals surface area contributed by atoms with Crippen molar-refractivity contribution < 1.29 is 9.90 Å². The lowest BCUT2D eigenvalue weighted by atomic mass is 10.1. The third-order valence-corrected chi connectivity index (χ3v) is 4.42. The zero-order chi connectivity index (χ0) is 18.3. The third-order valence-electron chi connectivity index (χ3n) is 4.17. The lowest BCUT2D eigenvalue weighted by Crippen LogP contribution is -2.12. The Morgan fingerprint density at radius 2 is 1.96 bits per heavy atom. The van der Waals surface area contributed by atoms with Crippen LogP contribution in [0.4, 0.5) is 0 Å². The number of hydrogen-bond donors (Lipinski definition) is 1. The molecule has 0 spiro atoms. The van der Waals surface area contributed by atoms with Crippen LogP contribution in [0.25, 0.3) is 16.9 Å². The van der Waals surface area contributed by atoms with Gasteiger partial charge in [-0.1, -0.05) is 29.8 Å². The van der Waals surface area contributed by atoms with E-state index in [0.717, 1.165) is 22.6 Å². The summed E-state index contributed by atoms with van der Waals surface area (Å²) in [5.74, 6) is -1.01. The Kier molecular flexibility index (Phi) is 3.97. The lowest BCUT2D eigenvalue weighted by molar-refractivity contribution is 0.0684. The van der Waals surface area contributed by atoms with E-state index in [2.05, 4.69) is 5.10 Å². The number of fused-ring (bicyclic) bond motifs is 1. The van der Waals surface area contributed by atoms with Gasteiger partial charge in [-0.15, -0.1) is 0 Å². The molecule has 0 saturated heterocycles. The maximum atomic E-state index is 11.5. The standard InChI is InChI=1S/C19H15ClN4O2/c1-12-10-15(19(25)26)24(22-12)11-16-18(13-5-7-14(20)8-6-13)21-17-4-2-3-9-23(16)17/h2-10H,11H2,1H3,(H,25,26). The van der Waals surface area contributed by atoms with Gasteiger partial charge in [0.2, 0.25) is 0 Å². The minimum Gasteiger partial charge on any atom is -0.477 e. The van der Waals surface area contributed by atoms with Crippen LogP contribution < -0.4 is 0 Å². The summed E-state index contributed by atoms with van der Waals surface area (Å²) < 4.78 is 3.44. The van der Waals surface area contributed by atoms with Gasteiger partial charge in [-0.25, -0.2) is 9.78 Å². The van der Waals surface area contributed by atoms with Crippen LogP contribution in [0.3, 0.4) is 0 Å². The monoisotopic (exact) mass is 366 g/mol. The number of aromatic nitrogens is 4. The highest BCUT2D eigenvalue weighted by atomic mass is 35.5. The molecule has 0 unspecified atom stereocenters. The van der Waals surface area contributed by atoms with Gasteiger partial charge in [-0.3, -0.25) is 4.68 Å². The van der Waals surface area contributed by atoms with Gasteiger partial charge in [0, 0.05) is 16.8 Å². The molecule has 4 rings (SSSR count). The topological polar surface area (TPSA) is 72.4 Å². The van der Waals surface area contributed by atoms with E-state index in [1.807, 2.05) is 53.1 Å². The molecule has 0 atom stereocenters. The minimum atomic E-state index is -1.01. The molecule has 26 heavy (non-hydrogen) atoms. The highest BCUT2D eigenvalue weighted by Gasteiger charge is 2.18. The van der Waals surface area contributed by atoms with E-state index in [1.54, 1.807) is 13.0 Å². The van der Waals surface area contributed by atoms with Crippen molar-refractivity contribution in [3.8, 4) is 11.3 Å². The van der Waals surface area contributed by atoms with Crippen molar-refractivity contribution >= 4 is 23.2 Å². The van der Waals surface area contributed by atoms with E-state index in [1.165, 1.54) is 4.68 Å². The zero-order valence-electron chi connectivity index (χ0n) is 13.9. The largest absolute Gasteiger partial charge is 0.477 e. The Morgan fingerprint density at radius 1 is 1.19 bits per heavy atom. The molecule has 3 heterocycles. The molecule has 3 aromatic heterocycles. The number of benzene rings is 1. The Hall–Kier alpha value is -3.12. The highest BCUT2D eigenvalue weighted by Crippen LogP contribution is 2.27. The summed E-state index contributed by atoms with van der Waals surface area (Å²) in [5.41, 5.74) is 4.13. The number of carboxylic acids is 1. The Morgan fingerprint density at radius 3 is 2.69 bits per heavy atom. The molecule has 0 bridgehead atoms. The van der Waals surface area contributed by atoms with Gasteiger partial charge in [0.05, 0.1) is 23.6 Å². The molecule has 0 saturated carbocycles. The number of rotatable bonds is 4. The molecule has 0 amide bonds. The Balaban J connectivity index is 1.90. The fourth-order valence-electron chi connectivity index (χ4n) is 3.02. The molecule has 0 radical (unpaired) electrons. The molecule has 130 valence electrons. The van der Waals surface area contributed by atoms with Crippen LogP contribution >= 0.6 is 11.6 Å². The second-order valence-electron chi connectivity index (χ2n) is 5.98. The average molecular weight is 367 g/mol. The number of carboxylic acid groups (broad SMARTS) is 1. The predicted octanol–water partition coefficient (Wildman–Crippen LogP) is 3.91. The van der Waals surface area contributed by atoms with E-state index in [0.29, 0.717) is 17.3 Å². The number of nitrogens with zero attached hydrogens (tertiary/aromatic N) is 4. The van der Waals surface area contributed by atoms with E-state index < -0.39 is 5.97 Å². The van der Waals surface area contributed by atoms with Crippen molar-refractivity contribution in [2.75, 3.05) is 0 Å². The van der Waals surface area contributed by atoms with E-state index >= 15 is 0 Å². The van der Waals surface area contributed by atoms with Crippen molar-refractivity contribution in [1.29, 1.82) is 0 Å². The molecule has 1 N–H and O–H groups in total. The van der Waals surface area contributed by atoms with E-state index in [9.17, 15) is 9.90 Å². The highest BCUT2D eigenvalue weighted by molar-refractivity contribution is 6.30. The van der Waals surface area contributed by atoms with Crippen molar-refractivity contribution in [3.05, 3.63) is 76.8 Å². The summed E-state index contributed by atoms with van der Waals surface area (Å²) in [7, 11) is 0. The first-order valence-corrected chi connectivity index (χ1v) is 8.40. The summed E-state index contributed by atoms with van der Waals surface area (Å²) in [6, 6.07) is 14.7. The van der Waals surface area contributed by atoms with Crippen molar-refractivity contribution in [2.45, 2.75) is 13.5 Å². The molecular formula is C19H15ClN4O2. The van der Waals surface area contributed by atoms with Crippen LogP contribution in [0.15, 0.2) is 54.7 Å². The molecule has 6 nitrogen and oxygen atoms in total. The fraction of sp³-hybridized carbons (Fsp3) is 0.105. The molecule has 1 aromatic carbocycles.